The summed E-state index contributed by atoms with van der Waals surface area (Å²) < 4.78 is 42.6. The third kappa shape index (κ3) is 5.51. The fourth-order valence-corrected chi connectivity index (χ4v) is 3.49. The molecule has 0 bridgehead atoms. The van der Waals surface area contributed by atoms with Crippen molar-refractivity contribution in [3.05, 3.63) is 36.0 Å². The van der Waals surface area contributed by atoms with Crippen LogP contribution in [0.4, 0.5) is 0 Å². The van der Waals surface area contributed by atoms with Crippen LogP contribution in [0.3, 0.4) is 0 Å². The first-order valence-electron chi connectivity index (χ1n) is 8.41. The third-order valence-corrected chi connectivity index (χ3v) is 5.19. The molecule has 0 spiro atoms. The van der Waals surface area contributed by atoms with Gasteiger partial charge in [-0.3, -0.25) is 4.79 Å². The molecule has 1 atom stereocenters. The van der Waals surface area contributed by atoms with Crippen LogP contribution >= 0.6 is 0 Å². The third-order valence-electron chi connectivity index (χ3n) is 3.74. The molecule has 0 saturated carbocycles. The standard InChI is InChI=1S/C17H23N3O6S/c1-5-14-18-15(26-19-14)10-25-17(21)16(11(2)3)20-27(22,23)13-8-6-12(24-4)7-9-13/h6-9,11,16,20H,5,10H2,1-4H3/t16-/m0/s1. The van der Waals surface area contributed by atoms with Crippen LogP contribution < -0.4 is 9.46 Å². The fourth-order valence-electron chi connectivity index (χ4n) is 2.16. The van der Waals surface area contributed by atoms with Gasteiger partial charge in [-0.1, -0.05) is 25.9 Å². The topological polar surface area (TPSA) is 121 Å². The van der Waals surface area contributed by atoms with Crippen LogP contribution in [-0.4, -0.2) is 37.7 Å². The molecule has 1 aromatic heterocycles. The smallest absolute Gasteiger partial charge is 0.324 e. The molecule has 2 aromatic rings. The molecular weight excluding hydrogens is 374 g/mol. The van der Waals surface area contributed by atoms with Crippen molar-refractivity contribution < 1.29 is 27.2 Å². The number of sulfonamides is 1. The maximum atomic E-state index is 12.6. The molecule has 0 aliphatic rings. The molecule has 0 amide bonds. The highest BCUT2D eigenvalue weighted by Gasteiger charge is 2.30. The van der Waals surface area contributed by atoms with Gasteiger partial charge >= 0.3 is 5.97 Å². The van der Waals surface area contributed by atoms with Crippen molar-refractivity contribution in [2.75, 3.05) is 7.11 Å². The lowest BCUT2D eigenvalue weighted by molar-refractivity contribution is -0.148. The summed E-state index contributed by atoms with van der Waals surface area (Å²) in [6.45, 7) is 5.07. The van der Waals surface area contributed by atoms with Crippen molar-refractivity contribution in [1.82, 2.24) is 14.9 Å². The van der Waals surface area contributed by atoms with Crippen LogP contribution in [0, 0.1) is 5.92 Å². The van der Waals surface area contributed by atoms with Gasteiger partial charge in [0.25, 0.3) is 5.89 Å². The van der Waals surface area contributed by atoms with E-state index in [1.807, 2.05) is 6.92 Å². The Bertz CT molecular complexity index is 861. The average molecular weight is 397 g/mol. The highest BCUT2D eigenvalue weighted by molar-refractivity contribution is 7.89. The predicted molar refractivity (Wildman–Crippen MR) is 95.4 cm³/mol. The van der Waals surface area contributed by atoms with Crippen LogP contribution in [-0.2, 0) is 32.6 Å². The van der Waals surface area contributed by atoms with E-state index >= 15 is 0 Å². The Morgan fingerprint density at radius 3 is 2.44 bits per heavy atom. The molecule has 0 saturated heterocycles. The van der Waals surface area contributed by atoms with E-state index in [0.717, 1.165) is 0 Å². The summed E-state index contributed by atoms with van der Waals surface area (Å²) in [5.41, 5.74) is 0. The summed E-state index contributed by atoms with van der Waals surface area (Å²) in [7, 11) is -2.43. The molecule has 10 heteroatoms. The molecule has 9 nitrogen and oxygen atoms in total. The zero-order valence-corrected chi connectivity index (χ0v) is 16.4. The number of nitrogens with one attached hydrogen (secondary N) is 1. The summed E-state index contributed by atoms with van der Waals surface area (Å²) in [5, 5.41) is 3.71. The van der Waals surface area contributed by atoms with Crippen LogP contribution in [0.25, 0.3) is 0 Å². The van der Waals surface area contributed by atoms with Crippen molar-refractivity contribution in [1.29, 1.82) is 0 Å². The largest absolute Gasteiger partial charge is 0.497 e. The number of ether oxygens (including phenoxy) is 2. The summed E-state index contributed by atoms with van der Waals surface area (Å²) in [4.78, 5) is 16.4. The van der Waals surface area contributed by atoms with Crippen LogP contribution in [0.5, 0.6) is 5.75 Å². The maximum Gasteiger partial charge on any atom is 0.324 e. The van der Waals surface area contributed by atoms with Gasteiger partial charge in [0.15, 0.2) is 12.4 Å². The zero-order valence-electron chi connectivity index (χ0n) is 15.6. The normalized spacial score (nSPS) is 12.8. The van der Waals surface area contributed by atoms with Gasteiger partial charge in [-0.25, -0.2) is 8.42 Å². The number of carbonyl (C=O) groups excluding carboxylic acids is 1. The summed E-state index contributed by atoms with van der Waals surface area (Å²) >= 11 is 0. The van der Waals surface area contributed by atoms with E-state index in [1.165, 1.54) is 31.4 Å². The van der Waals surface area contributed by atoms with E-state index < -0.39 is 22.0 Å². The number of benzene rings is 1. The molecule has 0 aliphatic heterocycles. The Labute approximate surface area is 158 Å². The monoisotopic (exact) mass is 397 g/mol. The number of aryl methyl sites for hydroxylation is 1. The molecule has 148 valence electrons. The Kier molecular flexibility index (Phi) is 6.92. The van der Waals surface area contributed by atoms with Crippen molar-refractivity contribution in [3.8, 4) is 5.75 Å². The number of rotatable bonds is 9. The number of methoxy groups -OCH3 is 1. The molecule has 0 aliphatic carbocycles. The van der Waals surface area contributed by atoms with E-state index in [2.05, 4.69) is 14.9 Å². The van der Waals surface area contributed by atoms with Crippen LogP contribution in [0.2, 0.25) is 0 Å². The molecule has 2 rings (SSSR count). The van der Waals surface area contributed by atoms with Gasteiger partial charge in [0.1, 0.15) is 11.8 Å². The van der Waals surface area contributed by atoms with Gasteiger partial charge in [0.05, 0.1) is 12.0 Å². The fraction of sp³-hybridized carbons (Fsp3) is 0.471. The second-order valence-corrected chi connectivity index (χ2v) is 7.80. The first-order valence-corrected chi connectivity index (χ1v) is 9.89. The van der Waals surface area contributed by atoms with E-state index in [4.69, 9.17) is 14.0 Å². The van der Waals surface area contributed by atoms with Gasteiger partial charge in [0.2, 0.25) is 10.0 Å². The lowest BCUT2D eigenvalue weighted by atomic mass is 10.1. The van der Waals surface area contributed by atoms with Crippen molar-refractivity contribution >= 4 is 16.0 Å². The molecule has 1 N–H and O–H groups in total. The van der Waals surface area contributed by atoms with Crippen LogP contribution in [0.15, 0.2) is 33.7 Å². The molecule has 0 fully saturated rings. The van der Waals surface area contributed by atoms with E-state index in [-0.39, 0.29) is 23.3 Å². The van der Waals surface area contributed by atoms with E-state index in [0.29, 0.717) is 18.0 Å². The summed E-state index contributed by atoms with van der Waals surface area (Å²) in [6.07, 6.45) is 0.591. The minimum atomic E-state index is -3.92. The van der Waals surface area contributed by atoms with Gasteiger partial charge in [-0.05, 0) is 30.2 Å². The van der Waals surface area contributed by atoms with Crippen molar-refractivity contribution in [2.24, 2.45) is 5.92 Å². The Morgan fingerprint density at radius 2 is 1.93 bits per heavy atom. The quantitative estimate of drug-likeness (QED) is 0.635. The molecule has 27 heavy (non-hydrogen) atoms. The molecule has 0 radical (unpaired) electrons. The number of carbonyl (C=O) groups is 1. The lowest BCUT2D eigenvalue weighted by Gasteiger charge is -2.20. The number of nitrogens with zero attached hydrogens (tertiary/aromatic N) is 2. The summed E-state index contributed by atoms with van der Waals surface area (Å²) in [6, 6.07) is 4.78. The number of esters is 1. The lowest BCUT2D eigenvalue weighted by Crippen LogP contribution is -2.45. The number of hydrogen-bond donors (Lipinski definition) is 1. The minimum Gasteiger partial charge on any atom is -0.497 e. The molecular formula is C17H23N3O6S. The second kappa shape index (κ2) is 8.96. The Morgan fingerprint density at radius 1 is 1.26 bits per heavy atom. The van der Waals surface area contributed by atoms with Gasteiger partial charge in [0, 0.05) is 6.42 Å². The predicted octanol–water partition coefficient (Wildman–Crippen LogP) is 1.69. The van der Waals surface area contributed by atoms with E-state index in [9.17, 15) is 13.2 Å². The van der Waals surface area contributed by atoms with Gasteiger partial charge in [-0.2, -0.15) is 9.71 Å². The molecule has 0 unspecified atom stereocenters. The zero-order chi connectivity index (χ0) is 20.0. The average Bonchev–Trinajstić information content (AvgIpc) is 3.12. The van der Waals surface area contributed by atoms with E-state index in [1.54, 1.807) is 13.8 Å². The van der Waals surface area contributed by atoms with Gasteiger partial charge < -0.3 is 14.0 Å². The SMILES string of the molecule is CCc1noc(COC(=O)[C@@H](NS(=O)(=O)c2ccc(OC)cc2)C(C)C)n1. The minimum absolute atomic E-state index is 0.0197. The highest BCUT2D eigenvalue weighted by atomic mass is 32.2. The molecule has 1 heterocycles. The van der Waals surface area contributed by atoms with Crippen molar-refractivity contribution in [2.45, 2.75) is 44.7 Å². The second-order valence-electron chi connectivity index (χ2n) is 6.08. The maximum absolute atomic E-state index is 12.6. The summed E-state index contributed by atoms with van der Waals surface area (Å²) in [5.74, 6) is 0.125. The first-order chi connectivity index (χ1) is 12.8. The molecule has 1 aromatic carbocycles. The van der Waals surface area contributed by atoms with Gasteiger partial charge in [-0.15, -0.1) is 0 Å². The first kappa shape index (κ1) is 20.8. The Hall–Kier alpha value is -2.46. The van der Waals surface area contributed by atoms with Crippen LogP contribution in [0.1, 0.15) is 32.5 Å². The number of hydrogen-bond acceptors (Lipinski definition) is 8. The Balaban J connectivity index is 2.07. The highest BCUT2D eigenvalue weighted by Crippen LogP contribution is 2.17. The number of aromatic nitrogens is 2. The van der Waals surface area contributed by atoms with Crippen molar-refractivity contribution in [3.63, 3.8) is 0 Å².